The topological polar surface area (TPSA) is 46.5 Å². The quantitative estimate of drug-likeness (QED) is 0.509. The van der Waals surface area contributed by atoms with Gasteiger partial charge in [0.05, 0.1) is 15.2 Å². The third-order valence-electron chi connectivity index (χ3n) is 3.53. The zero-order valence-corrected chi connectivity index (χ0v) is 13.0. The maximum Gasteiger partial charge on any atom is 0.335 e. The second-order valence-corrected chi connectivity index (χ2v) is 9.79. The van der Waals surface area contributed by atoms with Gasteiger partial charge in [-0.2, -0.15) is 0 Å². The fraction of sp³-hybridized carbons (Fsp3) is 0.400. The van der Waals surface area contributed by atoms with Crippen molar-refractivity contribution in [3.63, 3.8) is 0 Å². The van der Waals surface area contributed by atoms with Crippen molar-refractivity contribution in [1.29, 1.82) is 0 Å². The van der Waals surface area contributed by atoms with E-state index in [1.165, 1.54) is 12.3 Å². The summed E-state index contributed by atoms with van der Waals surface area (Å²) in [7, 11) is -0.709. The van der Waals surface area contributed by atoms with E-state index in [9.17, 15) is 9.90 Å². The number of rotatable bonds is 5. The number of benzene rings is 1. The van der Waals surface area contributed by atoms with E-state index < -0.39 is 20.1 Å². The van der Waals surface area contributed by atoms with Crippen molar-refractivity contribution in [2.75, 3.05) is 7.11 Å². The molecule has 0 aliphatic carbocycles. The van der Waals surface area contributed by atoms with E-state index in [2.05, 4.69) is 30.0 Å². The summed E-state index contributed by atoms with van der Waals surface area (Å²) < 4.78 is 4.67. The van der Waals surface area contributed by atoms with Crippen molar-refractivity contribution in [3.8, 4) is 0 Å². The Kier molecular flexibility index (Phi) is 5.51. The molecule has 0 radical (unpaired) electrons. The summed E-state index contributed by atoms with van der Waals surface area (Å²) in [6.45, 7) is 6.20. The van der Waals surface area contributed by atoms with Gasteiger partial charge in [0, 0.05) is 5.54 Å². The Balaban J connectivity index is 3.14. The van der Waals surface area contributed by atoms with Crippen LogP contribution in [0.1, 0.15) is 6.92 Å². The fourth-order valence-corrected chi connectivity index (χ4v) is 5.31. The summed E-state index contributed by atoms with van der Waals surface area (Å²) in [5.41, 5.74) is -0.202. The lowest BCUT2D eigenvalue weighted by Crippen LogP contribution is -2.51. The number of carbonyl (C=O) groups excluding carboxylic acids is 1. The Hall–Kier alpha value is -1.39. The highest BCUT2D eigenvalue weighted by atomic mass is 28.3. The van der Waals surface area contributed by atoms with Gasteiger partial charge in [-0.1, -0.05) is 60.8 Å². The molecule has 0 heterocycles. The lowest BCUT2D eigenvalue weighted by Gasteiger charge is -2.33. The average Bonchev–Trinajstić information content (AvgIpc) is 2.43. The molecule has 104 valence electrons. The van der Waals surface area contributed by atoms with Gasteiger partial charge in [0.15, 0.2) is 6.10 Å². The van der Waals surface area contributed by atoms with Crippen molar-refractivity contribution in [2.45, 2.75) is 31.7 Å². The van der Waals surface area contributed by atoms with E-state index >= 15 is 0 Å². The lowest BCUT2D eigenvalue weighted by atomic mass is 10.2. The second-order valence-electron chi connectivity index (χ2n) is 5.11. The number of aliphatic hydroxyl groups is 1. The molecule has 1 aromatic carbocycles. The maximum absolute atomic E-state index is 11.6. The van der Waals surface area contributed by atoms with Crippen LogP contribution in [0.5, 0.6) is 0 Å². The molecule has 0 aliphatic rings. The Labute approximate surface area is 115 Å². The molecule has 1 N–H and O–H groups in total. The summed E-state index contributed by atoms with van der Waals surface area (Å²) in [6, 6.07) is 10.1. The first-order valence-corrected chi connectivity index (χ1v) is 9.47. The number of methoxy groups -OCH3 is 1. The predicted molar refractivity (Wildman–Crippen MR) is 80.1 cm³/mol. The largest absolute Gasteiger partial charge is 0.467 e. The molecule has 0 aliphatic heterocycles. The van der Waals surface area contributed by atoms with Crippen LogP contribution >= 0.6 is 0 Å². The minimum absolute atomic E-state index is 0.202. The summed E-state index contributed by atoms with van der Waals surface area (Å²) in [5.74, 6) is -0.570. The molecule has 0 saturated heterocycles. The number of hydrogen-bond acceptors (Lipinski definition) is 3. The van der Waals surface area contributed by atoms with Gasteiger partial charge < -0.3 is 9.84 Å². The zero-order chi connectivity index (χ0) is 14.5. The van der Waals surface area contributed by atoms with Gasteiger partial charge in [-0.15, -0.1) is 0 Å². The molecule has 2 atom stereocenters. The molecule has 1 rings (SSSR count). The van der Waals surface area contributed by atoms with Gasteiger partial charge in [-0.05, 0) is 6.92 Å². The molecular formula is C15H22O3Si. The molecule has 0 spiro atoms. The third-order valence-corrected chi connectivity index (χ3v) is 7.53. The van der Waals surface area contributed by atoms with Crippen molar-refractivity contribution >= 4 is 19.2 Å². The van der Waals surface area contributed by atoms with Crippen molar-refractivity contribution < 1.29 is 14.6 Å². The Morgan fingerprint density at radius 2 is 1.89 bits per heavy atom. The summed E-state index contributed by atoms with van der Waals surface area (Å²) in [4.78, 5) is 11.6. The van der Waals surface area contributed by atoms with Gasteiger partial charge in [0.1, 0.15) is 0 Å². The zero-order valence-electron chi connectivity index (χ0n) is 12.0. The normalized spacial score (nSPS) is 15.2. The first-order chi connectivity index (χ1) is 8.95. The highest BCUT2D eigenvalue weighted by Gasteiger charge is 2.39. The number of hydrogen-bond donors (Lipinski definition) is 1. The van der Waals surface area contributed by atoms with E-state index in [1.54, 1.807) is 0 Å². The number of ether oxygens (including phenoxy) is 1. The molecular weight excluding hydrogens is 256 g/mol. The number of carbonyl (C=O) groups is 1. The SMILES string of the molecule is C/C=C/[C@@H]([C@H](O)C(=O)OC)[Si](C)(C)c1ccccc1. The van der Waals surface area contributed by atoms with Crippen LogP contribution in [0.15, 0.2) is 42.5 Å². The van der Waals surface area contributed by atoms with Crippen LogP contribution in [-0.4, -0.2) is 32.4 Å². The van der Waals surface area contributed by atoms with Gasteiger partial charge in [0.25, 0.3) is 0 Å². The molecule has 0 aromatic heterocycles. The molecule has 0 bridgehead atoms. The predicted octanol–water partition coefficient (Wildman–Crippen LogP) is 2.08. The first-order valence-electron chi connectivity index (χ1n) is 6.39. The van der Waals surface area contributed by atoms with Gasteiger partial charge in [-0.3, -0.25) is 0 Å². The Bertz CT molecular complexity index is 440. The van der Waals surface area contributed by atoms with E-state index in [1.807, 2.05) is 37.3 Å². The minimum atomic E-state index is -2.01. The van der Waals surface area contributed by atoms with Crippen LogP contribution in [0, 0.1) is 0 Å². The molecule has 0 amide bonds. The van der Waals surface area contributed by atoms with Gasteiger partial charge in [-0.25, -0.2) is 4.79 Å². The van der Waals surface area contributed by atoms with Crippen molar-refractivity contribution in [1.82, 2.24) is 0 Å². The molecule has 1 aromatic rings. The van der Waals surface area contributed by atoms with E-state index in [0.29, 0.717) is 0 Å². The molecule has 19 heavy (non-hydrogen) atoms. The smallest absolute Gasteiger partial charge is 0.335 e. The minimum Gasteiger partial charge on any atom is -0.467 e. The lowest BCUT2D eigenvalue weighted by molar-refractivity contribution is -0.150. The van der Waals surface area contributed by atoms with Crippen molar-refractivity contribution in [2.24, 2.45) is 0 Å². The molecule has 0 unspecified atom stereocenters. The van der Waals surface area contributed by atoms with Crippen LogP contribution in [0.4, 0.5) is 0 Å². The van der Waals surface area contributed by atoms with Crippen LogP contribution < -0.4 is 5.19 Å². The van der Waals surface area contributed by atoms with Crippen LogP contribution in [0.2, 0.25) is 18.6 Å². The highest BCUT2D eigenvalue weighted by Crippen LogP contribution is 2.28. The average molecular weight is 278 g/mol. The van der Waals surface area contributed by atoms with E-state index in [-0.39, 0.29) is 5.54 Å². The summed E-state index contributed by atoms with van der Waals surface area (Å²) in [6.07, 6.45) is 2.69. The van der Waals surface area contributed by atoms with E-state index in [4.69, 9.17) is 0 Å². The van der Waals surface area contributed by atoms with Crippen LogP contribution in [0.3, 0.4) is 0 Å². The van der Waals surface area contributed by atoms with Crippen LogP contribution in [-0.2, 0) is 9.53 Å². The number of esters is 1. The van der Waals surface area contributed by atoms with Gasteiger partial charge >= 0.3 is 5.97 Å². The van der Waals surface area contributed by atoms with Gasteiger partial charge in [0.2, 0.25) is 0 Å². The summed E-state index contributed by atoms with van der Waals surface area (Å²) in [5, 5.41) is 11.4. The first kappa shape index (κ1) is 15.7. The van der Waals surface area contributed by atoms with Crippen molar-refractivity contribution in [3.05, 3.63) is 42.5 Å². The molecule has 4 heteroatoms. The summed E-state index contributed by atoms with van der Waals surface area (Å²) >= 11 is 0. The number of aliphatic hydroxyl groups excluding tert-OH is 1. The molecule has 3 nitrogen and oxygen atoms in total. The standard InChI is InChI=1S/C15H22O3Si/c1-5-9-13(14(16)15(17)18-2)19(3,4)12-10-7-6-8-11-12/h5-11,13-14,16H,1-4H3/b9-5+/t13-,14-/m0/s1. The highest BCUT2D eigenvalue weighted by molar-refractivity contribution is 6.91. The van der Waals surface area contributed by atoms with Crippen LogP contribution in [0.25, 0.3) is 0 Å². The Morgan fingerprint density at radius 3 is 2.37 bits per heavy atom. The number of allylic oxidation sites excluding steroid dienone is 1. The third kappa shape index (κ3) is 3.55. The second kappa shape index (κ2) is 6.68. The monoisotopic (exact) mass is 278 g/mol. The maximum atomic E-state index is 11.6. The van der Waals surface area contributed by atoms with E-state index in [0.717, 1.165) is 0 Å². The molecule has 0 saturated carbocycles. The molecule has 0 fully saturated rings. The fourth-order valence-electron chi connectivity index (χ4n) is 2.28. The Morgan fingerprint density at radius 1 is 1.32 bits per heavy atom.